The highest BCUT2D eigenvalue weighted by Gasteiger charge is 2.30. The zero-order chi connectivity index (χ0) is 11.8. The Labute approximate surface area is 109 Å². The topological polar surface area (TPSA) is 3.24 Å². The molecule has 0 N–H and O–H groups in total. The van der Waals surface area contributed by atoms with E-state index in [0.717, 1.165) is 17.8 Å². The molecule has 1 saturated heterocycles. The largest absolute Gasteiger partial charge is 0.302 e. The van der Waals surface area contributed by atoms with Crippen molar-refractivity contribution >= 4 is 11.8 Å². The fraction of sp³-hybridized carbons (Fsp3) is 0.600. The molecule has 2 aliphatic rings. The van der Waals surface area contributed by atoms with Gasteiger partial charge in [-0.05, 0) is 23.5 Å². The zero-order valence-corrected chi connectivity index (χ0v) is 11.5. The Morgan fingerprint density at radius 2 is 1.88 bits per heavy atom. The predicted molar refractivity (Wildman–Crippen MR) is 74.7 cm³/mol. The van der Waals surface area contributed by atoms with Crippen molar-refractivity contribution in [2.45, 2.75) is 24.7 Å². The molecular formula is C15H21NS. The molecule has 2 aliphatic heterocycles. The molecule has 0 aromatic heterocycles. The fourth-order valence-corrected chi connectivity index (χ4v) is 4.33. The van der Waals surface area contributed by atoms with Crippen LogP contribution in [0.5, 0.6) is 0 Å². The van der Waals surface area contributed by atoms with Crippen molar-refractivity contribution in [1.82, 2.24) is 4.90 Å². The van der Waals surface area contributed by atoms with E-state index >= 15 is 0 Å². The van der Waals surface area contributed by atoms with Crippen LogP contribution in [-0.4, -0.2) is 30.3 Å². The minimum atomic E-state index is 0.758. The van der Waals surface area contributed by atoms with Crippen molar-refractivity contribution in [3.05, 3.63) is 29.8 Å². The molecule has 0 radical (unpaired) electrons. The maximum Gasteiger partial charge on any atom is 0.0108 e. The number of hydrogen-bond acceptors (Lipinski definition) is 2. The van der Waals surface area contributed by atoms with E-state index in [1.165, 1.54) is 30.3 Å². The van der Waals surface area contributed by atoms with Crippen LogP contribution in [0.2, 0.25) is 0 Å². The maximum atomic E-state index is 2.67. The molecule has 17 heavy (non-hydrogen) atoms. The molecule has 1 fully saturated rings. The van der Waals surface area contributed by atoms with Crippen LogP contribution in [0.25, 0.3) is 0 Å². The first-order valence-corrected chi connectivity index (χ1v) is 7.66. The lowest BCUT2D eigenvalue weighted by Gasteiger charge is -2.20. The normalized spacial score (nSPS) is 32.9. The predicted octanol–water partition coefficient (Wildman–Crippen LogP) is 3.46. The second-order valence-corrected chi connectivity index (χ2v) is 6.78. The lowest BCUT2D eigenvalue weighted by Crippen LogP contribution is -2.26. The highest BCUT2D eigenvalue weighted by molar-refractivity contribution is 7.99. The van der Waals surface area contributed by atoms with E-state index in [0.29, 0.717) is 0 Å². The molecule has 0 bridgehead atoms. The Kier molecular flexibility index (Phi) is 3.18. The van der Waals surface area contributed by atoms with Crippen molar-refractivity contribution in [3.63, 3.8) is 0 Å². The van der Waals surface area contributed by atoms with Crippen molar-refractivity contribution in [1.29, 1.82) is 0 Å². The minimum Gasteiger partial charge on any atom is -0.302 e. The smallest absolute Gasteiger partial charge is 0.0108 e. The van der Waals surface area contributed by atoms with Crippen LogP contribution in [0, 0.1) is 11.8 Å². The van der Waals surface area contributed by atoms with Gasteiger partial charge >= 0.3 is 0 Å². The third-order valence-corrected chi connectivity index (χ3v) is 5.59. The summed E-state index contributed by atoms with van der Waals surface area (Å²) in [5, 5.41) is 0. The molecule has 3 rings (SSSR count). The van der Waals surface area contributed by atoms with Crippen LogP contribution >= 0.6 is 11.8 Å². The van der Waals surface area contributed by atoms with Gasteiger partial charge in [0.15, 0.2) is 0 Å². The summed E-state index contributed by atoms with van der Waals surface area (Å²) >= 11 is 2.03. The Bertz CT molecular complexity index is 394. The molecule has 1 aromatic carbocycles. The molecule has 3 atom stereocenters. The molecule has 3 unspecified atom stereocenters. The number of likely N-dealkylation sites (tertiary alicyclic amines) is 1. The van der Waals surface area contributed by atoms with Crippen LogP contribution in [-0.2, 0) is 0 Å². The third kappa shape index (κ3) is 2.25. The molecule has 0 amide bonds. The molecular weight excluding hydrogens is 226 g/mol. The van der Waals surface area contributed by atoms with Gasteiger partial charge in [0.05, 0.1) is 0 Å². The van der Waals surface area contributed by atoms with E-state index in [1.807, 2.05) is 11.8 Å². The third-order valence-electron chi connectivity index (χ3n) is 4.34. The van der Waals surface area contributed by atoms with E-state index in [1.54, 1.807) is 5.56 Å². The van der Waals surface area contributed by atoms with Gasteiger partial charge in [-0.3, -0.25) is 0 Å². The highest BCUT2D eigenvalue weighted by Crippen LogP contribution is 2.40. The molecule has 1 nitrogen and oxygen atoms in total. The summed E-state index contributed by atoms with van der Waals surface area (Å²) in [6.45, 7) is 8.64. The summed E-state index contributed by atoms with van der Waals surface area (Å²) in [6.07, 6.45) is 0. The molecule has 0 spiro atoms. The molecule has 92 valence electrons. The number of rotatable bonds is 2. The van der Waals surface area contributed by atoms with Gasteiger partial charge in [0.1, 0.15) is 0 Å². The standard InChI is InChI=1S/C15H21NS/c1-11-7-16(8-12(11)2)9-13-10-17-15-6-4-3-5-14(13)15/h3-6,11-13H,7-10H2,1-2H3. The van der Waals surface area contributed by atoms with Gasteiger partial charge in [-0.15, -0.1) is 11.8 Å². The van der Waals surface area contributed by atoms with Gasteiger partial charge in [-0.2, -0.15) is 0 Å². The SMILES string of the molecule is CC1CN(CC2CSc3ccccc32)CC1C. The number of nitrogens with zero attached hydrogens (tertiary/aromatic N) is 1. The average Bonchev–Trinajstić information content (AvgIpc) is 2.85. The second-order valence-electron chi connectivity index (χ2n) is 5.72. The Hall–Kier alpha value is -0.470. The quantitative estimate of drug-likeness (QED) is 0.787. The highest BCUT2D eigenvalue weighted by atomic mass is 32.2. The Morgan fingerprint density at radius 1 is 1.18 bits per heavy atom. The first-order chi connectivity index (χ1) is 8.24. The fourth-order valence-electron chi connectivity index (χ4n) is 3.09. The van der Waals surface area contributed by atoms with E-state index in [9.17, 15) is 0 Å². The lowest BCUT2D eigenvalue weighted by molar-refractivity contribution is 0.309. The van der Waals surface area contributed by atoms with Gasteiger partial charge in [0.2, 0.25) is 0 Å². The summed E-state index contributed by atoms with van der Waals surface area (Å²) in [4.78, 5) is 4.18. The second kappa shape index (κ2) is 4.66. The summed E-state index contributed by atoms with van der Waals surface area (Å²) in [6, 6.07) is 8.94. The number of fused-ring (bicyclic) bond motifs is 1. The molecule has 0 aliphatic carbocycles. The van der Waals surface area contributed by atoms with Crippen molar-refractivity contribution < 1.29 is 0 Å². The lowest BCUT2D eigenvalue weighted by atomic mass is 10.0. The van der Waals surface area contributed by atoms with E-state index in [2.05, 4.69) is 43.0 Å². The summed E-state index contributed by atoms with van der Waals surface area (Å²) < 4.78 is 0. The van der Waals surface area contributed by atoms with Crippen LogP contribution in [0.3, 0.4) is 0 Å². The zero-order valence-electron chi connectivity index (χ0n) is 10.7. The molecule has 2 heteroatoms. The van der Waals surface area contributed by atoms with Crippen LogP contribution in [0.15, 0.2) is 29.2 Å². The van der Waals surface area contributed by atoms with Gasteiger partial charge < -0.3 is 4.90 Å². The summed E-state index contributed by atoms with van der Waals surface area (Å²) in [7, 11) is 0. The molecule has 0 saturated carbocycles. The first-order valence-electron chi connectivity index (χ1n) is 6.68. The van der Waals surface area contributed by atoms with Crippen LogP contribution in [0.4, 0.5) is 0 Å². The Balaban J connectivity index is 1.68. The van der Waals surface area contributed by atoms with Crippen molar-refractivity contribution in [3.8, 4) is 0 Å². The van der Waals surface area contributed by atoms with Crippen molar-refractivity contribution in [2.75, 3.05) is 25.4 Å². The van der Waals surface area contributed by atoms with E-state index in [4.69, 9.17) is 0 Å². The number of hydrogen-bond donors (Lipinski definition) is 0. The average molecular weight is 247 g/mol. The van der Waals surface area contributed by atoms with Gasteiger partial charge in [0, 0.05) is 36.2 Å². The van der Waals surface area contributed by atoms with E-state index in [-0.39, 0.29) is 0 Å². The first kappa shape index (κ1) is 11.6. The monoisotopic (exact) mass is 247 g/mol. The van der Waals surface area contributed by atoms with Crippen molar-refractivity contribution in [2.24, 2.45) is 11.8 Å². The molecule has 1 aromatic rings. The van der Waals surface area contributed by atoms with E-state index < -0.39 is 0 Å². The summed E-state index contributed by atoms with van der Waals surface area (Å²) in [5.74, 6) is 3.78. The van der Waals surface area contributed by atoms with Gasteiger partial charge in [-0.25, -0.2) is 0 Å². The van der Waals surface area contributed by atoms with Gasteiger partial charge in [0.25, 0.3) is 0 Å². The minimum absolute atomic E-state index is 0.758. The Morgan fingerprint density at radius 3 is 2.65 bits per heavy atom. The molecule has 2 heterocycles. The summed E-state index contributed by atoms with van der Waals surface area (Å²) in [5.41, 5.74) is 1.59. The van der Waals surface area contributed by atoms with Gasteiger partial charge in [-0.1, -0.05) is 32.0 Å². The number of benzene rings is 1. The van der Waals surface area contributed by atoms with Crippen LogP contribution in [0.1, 0.15) is 25.3 Å². The number of thioether (sulfide) groups is 1. The van der Waals surface area contributed by atoms with Crippen LogP contribution < -0.4 is 0 Å². The maximum absolute atomic E-state index is 2.67.